The van der Waals surface area contributed by atoms with Crippen LogP contribution in [0.15, 0.2) is 11.8 Å². The molecule has 0 spiro atoms. The number of fused-ring (bicyclic) bond motifs is 5. The second-order valence-corrected chi connectivity index (χ2v) is 10.0. The first-order valence-corrected chi connectivity index (χ1v) is 10.6. The van der Waals surface area contributed by atoms with Crippen LogP contribution < -0.4 is 0 Å². The van der Waals surface area contributed by atoms with Crippen molar-refractivity contribution in [3.8, 4) is 0 Å². The number of ether oxygens (including phenoxy) is 1. The molecule has 6 atom stereocenters. The van der Waals surface area contributed by atoms with Crippen molar-refractivity contribution >= 4 is 5.91 Å². The van der Waals surface area contributed by atoms with E-state index in [1.807, 2.05) is 11.9 Å². The monoisotopic (exact) mass is 343 g/mol. The minimum atomic E-state index is 0.211. The molecule has 1 saturated heterocycles. The van der Waals surface area contributed by atoms with Gasteiger partial charge >= 0.3 is 0 Å². The molecule has 4 aliphatic carbocycles. The Labute approximate surface area is 152 Å². The Morgan fingerprint density at radius 1 is 1.08 bits per heavy atom. The maximum absolute atomic E-state index is 12.2. The Bertz CT molecular complexity index is 624. The first-order valence-electron chi connectivity index (χ1n) is 10.6. The van der Waals surface area contributed by atoms with E-state index in [9.17, 15) is 4.79 Å². The molecule has 0 aromatic rings. The average molecular weight is 344 g/mol. The number of amides is 1. The first-order chi connectivity index (χ1) is 11.9. The van der Waals surface area contributed by atoms with Crippen molar-refractivity contribution in [2.24, 2.45) is 28.6 Å². The number of carbonyl (C=O) groups is 1. The fourth-order valence-electron chi connectivity index (χ4n) is 7.19. The van der Waals surface area contributed by atoms with Crippen molar-refractivity contribution in [3.05, 3.63) is 11.8 Å². The van der Waals surface area contributed by atoms with Crippen molar-refractivity contribution in [1.82, 2.24) is 4.90 Å². The van der Waals surface area contributed by atoms with E-state index < -0.39 is 0 Å². The second-order valence-electron chi connectivity index (χ2n) is 10.0. The smallest absolute Gasteiger partial charge is 0.226 e. The topological polar surface area (TPSA) is 29.5 Å². The lowest BCUT2D eigenvalue weighted by Crippen LogP contribution is -2.54. The van der Waals surface area contributed by atoms with E-state index in [1.165, 1.54) is 50.6 Å². The molecule has 1 unspecified atom stereocenters. The lowest BCUT2D eigenvalue weighted by atomic mass is 9.49. The molecule has 1 heterocycles. The third-order valence-corrected chi connectivity index (χ3v) is 8.81. The van der Waals surface area contributed by atoms with Crippen LogP contribution in [0.2, 0.25) is 0 Å². The third kappa shape index (κ3) is 2.23. The SMILES string of the molecule is CN1C(=O)CC[C@@]2(C)C1=CC[C@@H]1[C@H]2CC[C@]2(C)C(OC3CC3)CC[C@@H]12. The fourth-order valence-corrected chi connectivity index (χ4v) is 7.19. The fraction of sp³-hybridized carbons (Fsp3) is 0.864. The average Bonchev–Trinajstić information content (AvgIpc) is 3.34. The second kappa shape index (κ2) is 5.34. The summed E-state index contributed by atoms with van der Waals surface area (Å²) in [6.07, 6.45) is 14.3. The van der Waals surface area contributed by atoms with Gasteiger partial charge in [0, 0.05) is 24.6 Å². The van der Waals surface area contributed by atoms with Gasteiger partial charge < -0.3 is 9.64 Å². The molecule has 0 radical (unpaired) electrons. The van der Waals surface area contributed by atoms with E-state index in [-0.39, 0.29) is 5.41 Å². The standard InChI is InChI=1S/C22H33NO2/c1-21-13-11-20(24)23(3)18(21)8-6-15-16-7-9-19(25-14-4-5-14)22(16,2)12-10-17(15)21/h8,14-17,19H,4-7,9-13H2,1-3H3/t15-,16-,17+,19?,21+,22-/m0/s1. The molecule has 0 aromatic heterocycles. The van der Waals surface area contributed by atoms with Crippen molar-refractivity contribution in [1.29, 1.82) is 0 Å². The van der Waals surface area contributed by atoms with Gasteiger partial charge in [0.25, 0.3) is 0 Å². The minimum absolute atomic E-state index is 0.211. The number of nitrogens with zero attached hydrogens (tertiary/aromatic N) is 1. The number of allylic oxidation sites excluding steroid dienone is 2. The van der Waals surface area contributed by atoms with Crippen molar-refractivity contribution in [2.45, 2.75) is 83.8 Å². The molecular formula is C22H33NO2. The summed E-state index contributed by atoms with van der Waals surface area (Å²) in [6, 6.07) is 0. The Morgan fingerprint density at radius 2 is 1.88 bits per heavy atom. The number of carbonyl (C=O) groups excluding carboxylic acids is 1. The van der Waals surface area contributed by atoms with Gasteiger partial charge in [-0.1, -0.05) is 19.9 Å². The van der Waals surface area contributed by atoms with E-state index in [2.05, 4.69) is 19.9 Å². The van der Waals surface area contributed by atoms with Gasteiger partial charge in [0.2, 0.25) is 5.91 Å². The summed E-state index contributed by atoms with van der Waals surface area (Å²) in [5.41, 5.74) is 1.93. The highest BCUT2D eigenvalue weighted by Gasteiger charge is 2.60. The number of hydrogen-bond donors (Lipinski definition) is 0. The number of rotatable bonds is 2. The highest BCUT2D eigenvalue weighted by atomic mass is 16.5. The molecule has 0 bridgehead atoms. The lowest BCUT2D eigenvalue weighted by Gasteiger charge is -2.58. The molecule has 4 fully saturated rings. The molecule has 5 aliphatic rings. The summed E-state index contributed by atoms with van der Waals surface area (Å²) in [5, 5.41) is 0. The number of hydrogen-bond acceptors (Lipinski definition) is 2. The van der Waals surface area contributed by atoms with Gasteiger partial charge in [0.05, 0.1) is 12.2 Å². The first kappa shape index (κ1) is 16.4. The molecule has 3 heteroatoms. The van der Waals surface area contributed by atoms with Gasteiger partial charge in [0.1, 0.15) is 0 Å². The normalized spacial score (nSPS) is 49.3. The summed E-state index contributed by atoms with van der Waals surface area (Å²) < 4.78 is 6.47. The number of likely N-dealkylation sites (tertiary alicyclic amines) is 1. The molecule has 0 N–H and O–H groups in total. The number of piperidine rings is 1. The van der Waals surface area contributed by atoms with Gasteiger partial charge in [-0.3, -0.25) is 4.79 Å². The van der Waals surface area contributed by atoms with Crippen molar-refractivity contribution in [3.63, 3.8) is 0 Å². The van der Waals surface area contributed by atoms with Gasteiger partial charge in [-0.05, 0) is 74.5 Å². The van der Waals surface area contributed by atoms with Crippen LogP contribution >= 0.6 is 0 Å². The van der Waals surface area contributed by atoms with Crippen LogP contribution in [-0.4, -0.2) is 30.1 Å². The highest BCUT2D eigenvalue weighted by Crippen LogP contribution is 2.65. The molecular weight excluding hydrogens is 310 g/mol. The molecule has 3 saturated carbocycles. The zero-order valence-corrected chi connectivity index (χ0v) is 16.1. The highest BCUT2D eigenvalue weighted by molar-refractivity contribution is 5.79. The Morgan fingerprint density at radius 3 is 2.64 bits per heavy atom. The van der Waals surface area contributed by atoms with Crippen LogP contribution in [0.5, 0.6) is 0 Å². The summed E-state index contributed by atoms with van der Waals surface area (Å²) in [4.78, 5) is 14.2. The molecule has 0 aromatic carbocycles. The van der Waals surface area contributed by atoms with Crippen LogP contribution in [0.3, 0.4) is 0 Å². The maximum atomic E-state index is 12.2. The van der Waals surface area contributed by atoms with Gasteiger partial charge in [-0.25, -0.2) is 0 Å². The van der Waals surface area contributed by atoms with Gasteiger partial charge in [-0.15, -0.1) is 0 Å². The van der Waals surface area contributed by atoms with E-state index >= 15 is 0 Å². The summed E-state index contributed by atoms with van der Waals surface area (Å²) in [7, 11) is 1.99. The predicted molar refractivity (Wildman–Crippen MR) is 97.8 cm³/mol. The lowest BCUT2D eigenvalue weighted by molar-refractivity contribution is -0.137. The Hall–Kier alpha value is -0.830. The van der Waals surface area contributed by atoms with Crippen LogP contribution in [0.4, 0.5) is 0 Å². The van der Waals surface area contributed by atoms with E-state index in [4.69, 9.17) is 4.74 Å². The molecule has 1 aliphatic heterocycles. The van der Waals surface area contributed by atoms with Crippen molar-refractivity contribution < 1.29 is 9.53 Å². The van der Waals surface area contributed by atoms with Crippen molar-refractivity contribution in [2.75, 3.05) is 7.05 Å². The predicted octanol–water partition coefficient (Wildman–Crippen LogP) is 4.52. The molecule has 25 heavy (non-hydrogen) atoms. The van der Waals surface area contributed by atoms with E-state index in [1.54, 1.807) is 0 Å². The molecule has 138 valence electrons. The molecule has 1 amide bonds. The third-order valence-electron chi connectivity index (χ3n) is 8.81. The largest absolute Gasteiger partial charge is 0.374 e. The zero-order chi connectivity index (χ0) is 17.4. The summed E-state index contributed by atoms with van der Waals surface area (Å²) >= 11 is 0. The van der Waals surface area contributed by atoms with E-state index in [0.29, 0.717) is 23.5 Å². The molecule has 5 rings (SSSR count). The van der Waals surface area contributed by atoms with Crippen LogP contribution in [0.1, 0.15) is 71.6 Å². The van der Waals surface area contributed by atoms with Crippen LogP contribution in [0, 0.1) is 28.6 Å². The molecule has 3 nitrogen and oxygen atoms in total. The van der Waals surface area contributed by atoms with Gasteiger partial charge in [0.15, 0.2) is 0 Å². The van der Waals surface area contributed by atoms with Crippen LogP contribution in [-0.2, 0) is 9.53 Å². The summed E-state index contributed by atoms with van der Waals surface area (Å²) in [6.45, 7) is 4.99. The van der Waals surface area contributed by atoms with E-state index in [0.717, 1.165) is 30.6 Å². The quantitative estimate of drug-likeness (QED) is 0.737. The Kier molecular flexibility index (Phi) is 3.49. The minimum Gasteiger partial charge on any atom is -0.374 e. The summed E-state index contributed by atoms with van der Waals surface area (Å²) in [5.74, 6) is 2.66. The van der Waals surface area contributed by atoms with Gasteiger partial charge in [-0.2, -0.15) is 0 Å². The van der Waals surface area contributed by atoms with Crippen LogP contribution in [0.25, 0.3) is 0 Å². The Balaban J connectivity index is 1.44. The zero-order valence-electron chi connectivity index (χ0n) is 16.1. The maximum Gasteiger partial charge on any atom is 0.226 e.